The summed E-state index contributed by atoms with van der Waals surface area (Å²) >= 11 is 0. The average molecular weight is 325 g/mol. The molecular formula is C20H27N3O. The number of likely N-dealkylation sites (tertiary alicyclic amines) is 1. The van der Waals surface area contributed by atoms with Gasteiger partial charge in [-0.25, -0.2) is 4.98 Å². The molecule has 1 fully saturated rings. The minimum Gasteiger partial charge on any atom is -0.342 e. The first kappa shape index (κ1) is 16.7. The second-order valence-electron chi connectivity index (χ2n) is 7.54. The van der Waals surface area contributed by atoms with Crippen LogP contribution in [0.15, 0.2) is 37.2 Å². The Kier molecular flexibility index (Phi) is 4.48. The van der Waals surface area contributed by atoms with Gasteiger partial charge in [0.1, 0.15) is 0 Å². The highest BCUT2D eigenvalue weighted by molar-refractivity contribution is 5.82. The fraction of sp³-hybridized carbons (Fsp3) is 0.500. The van der Waals surface area contributed by atoms with Crippen LogP contribution >= 0.6 is 0 Å². The molecule has 1 aromatic heterocycles. The molecule has 0 N–H and O–H groups in total. The lowest BCUT2D eigenvalue weighted by Gasteiger charge is -2.37. The number of benzene rings is 1. The van der Waals surface area contributed by atoms with E-state index in [0.717, 1.165) is 37.9 Å². The zero-order chi connectivity index (χ0) is 17.3. The van der Waals surface area contributed by atoms with Gasteiger partial charge < -0.3 is 9.47 Å². The summed E-state index contributed by atoms with van der Waals surface area (Å²) in [4.78, 5) is 19.3. The molecule has 1 saturated heterocycles. The molecule has 1 aliphatic rings. The maximum absolute atomic E-state index is 12.7. The summed E-state index contributed by atoms with van der Waals surface area (Å²) in [5.41, 5.74) is 3.15. The van der Waals surface area contributed by atoms with Crippen LogP contribution in [0.1, 0.15) is 44.7 Å². The van der Waals surface area contributed by atoms with Crippen LogP contribution < -0.4 is 0 Å². The number of allylic oxidation sites excluding steroid dienone is 1. The van der Waals surface area contributed by atoms with Gasteiger partial charge in [0.05, 0.1) is 17.4 Å². The van der Waals surface area contributed by atoms with Gasteiger partial charge in [-0.1, -0.05) is 26.0 Å². The summed E-state index contributed by atoms with van der Waals surface area (Å²) in [6.07, 6.45) is 6.47. The van der Waals surface area contributed by atoms with Gasteiger partial charge in [0, 0.05) is 24.5 Å². The molecule has 0 unspecified atom stereocenters. The summed E-state index contributed by atoms with van der Waals surface area (Å²) in [5.74, 6) is 0.243. The Morgan fingerprint density at radius 3 is 2.75 bits per heavy atom. The summed E-state index contributed by atoms with van der Waals surface area (Å²) in [7, 11) is 0. The molecular weight excluding hydrogens is 298 g/mol. The van der Waals surface area contributed by atoms with Gasteiger partial charge in [0.25, 0.3) is 0 Å². The lowest BCUT2D eigenvalue weighted by Crippen LogP contribution is -2.45. The van der Waals surface area contributed by atoms with Gasteiger partial charge in [-0.2, -0.15) is 0 Å². The van der Waals surface area contributed by atoms with Crippen LogP contribution in [0, 0.1) is 12.3 Å². The summed E-state index contributed by atoms with van der Waals surface area (Å²) < 4.78 is 2.29. The highest BCUT2D eigenvalue weighted by Crippen LogP contribution is 2.30. The minimum atomic E-state index is -0.354. The molecule has 1 aliphatic heterocycles. The Hall–Kier alpha value is -2.10. The third-order valence-electron chi connectivity index (χ3n) is 5.11. The maximum atomic E-state index is 12.7. The Labute approximate surface area is 144 Å². The number of fused-ring (bicyclic) bond motifs is 1. The monoisotopic (exact) mass is 325 g/mol. The van der Waals surface area contributed by atoms with Crippen LogP contribution in [-0.4, -0.2) is 33.4 Å². The highest BCUT2D eigenvalue weighted by atomic mass is 16.2. The van der Waals surface area contributed by atoms with E-state index in [1.54, 1.807) is 0 Å². The van der Waals surface area contributed by atoms with Crippen LogP contribution in [0.5, 0.6) is 0 Å². The van der Waals surface area contributed by atoms with Crippen molar-refractivity contribution in [3.8, 4) is 0 Å². The van der Waals surface area contributed by atoms with E-state index < -0.39 is 0 Å². The largest absolute Gasteiger partial charge is 0.342 e. The number of aryl methyl sites for hydroxylation is 1. The molecule has 4 nitrogen and oxygen atoms in total. The van der Waals surface area contributed by atoms with Crippen molar-refractivity contribution in [1.29, 1.82) is 0 Å². The van der Waals surface area contributed by atoms with Gasteiger partial charge in [0.15, 0.2) is 0 Å². The van der Waals surface area contributed by atoms with Gasteiger partial charge in [-0.15, -0.1) is 6.58 Å². The van der Waals surface area contributed by atoms with E-state index in [-0.39, 0.29) is 11.3 Å². The highest BCUT2D eigenvalue weighted by Gasteiger charge is 2.33. The molecule has 2 aromatic rings. The summed E-state index contributed by atoms with van der Waals surface area (Å²) in [6, 6.07) is 6.80. The van der Waals surface area contributed by atoms with E-state index in [4.69, 9.17) is 0 Å². The SMILES string of the molecule is C=CCC(C)(C)C(=O)N1CCC(n2cnc3ccc(C)cc32)CC1. The Balaban J connectivity index is 1.71. The second kappa shape index (κ2) is 6.42. The number of hydrogen-bond acceptors (Lipinski definition) is 2. The molecule has 0 saturated carbocycles. The minimum absolute atomic E-state index is 0.243. The molecule has 0 spiro atoms. The Morgan fingerprint density at radius 1 is 1.38 bits per heavy atom. The number of imidazole rings is 1. The quantitative estimate of drug-likeness (QED) is 0.793. The summed E-state index contributed by atoms with van der Waals surface area (Å²) in [6.45, 7) is 11.5. The number of aromatic nitrogens is 2. The van der Waals surface area contributed by atoms with Crippen LogP contribution in [0.4, 0.5) is 0 Å². The van der Waals surface area contributed by atoms with Crippen molar-refractivity contribution >= 4 is 16.9 Å². The number of rotatable bonds is 4. The van der Waals surface area contributed by atoms with E-state index in [9.17, 15) is 4.79 Å². The van der Waals surface area contributed by atoms with Gasteiger partial charge in [0.2, 0.25) is 5.91 Å². The second-order valence-corrected chi connectivity index (χ2v) is 7.54. The van der Waals surface area contributed by atoms with E-state index in [2.05, 4.69) is 41.3 Å². The molecule has 1 aromatic carbocycles. The predicted octanol–water partition coefficient (Wildman–Crippen LogP) is 4.11. The Morgan fingerprint density at radius 2 is 2.08 bits per heavy atom. The standard InChI is InChI=1S/C20H27N3O/c1-5-10-20(3,4)19(24)22-11-8-16(9-12-22)23-14-21-17-7-6-15(2)13-18(17)23/h5-7,13-14,16H,1,8-12H2,2-4H3. The molecule has 0 aliphatic carbocycles. The number of nitrogens with zero attached hydrogens (tertiary/aromatic N) is 3. The first-order valence-corrected chi connectivity index (χ1v) is 8.76. The normalized spacial score (nSPS) is 16.5. The first-order chi connectivity index (χ1) is 11.4. The number of hydrogen-bond donors (Lipinski definition) is 0. The smallest absolute Gasteiger partial charge is 0.228 e. The topological polar surface area (TPSA) is 38.1 Å². The van der Waals surface area contributed by atoms with Crippen LogP contribution in [0.25, 0.3) is 11.0 Å². The van der Waals surface area contributed by atoms with E-state index in [1.807, 2.05) is 31.2 Å². The predicted molar refractivity (Wildman–Crippen MR) is 97.9 cm³/mol. The fourth-order valence-electron chi connectivity index (χ4n) is 3.65. The van der Waals surface area contributed by atoms with Gasteiger partial charge >= 0.3 is 0 Å². The third kappa shape index (κ3) is 3.10. The van der Waals surface area contributed by atoms with Crippen molar-refractivity contribution in [2.24, 2.45) is 5.41 Å². The van der Waals surface area contributed by atoms with Crippen molar-refractivity contribution in [1.82, 2.24) is 14.5 Å². The zero-order valence-electron chi connectivity index (χ0n) is 15.0. The van der Waals surface area contributed by atoms with Gasteiger partial charge in [-0.3, -0.25) is 4.79 Å². The molecule has 1 amide bonds. The van der Waals surface area contributed by atoms with Crippen molar-refractivity contribution in [3.63, 3.8) is 0 Å². The third-order valence-corrected chi connectivity index (χ3v) is 5.11. The number of carbonyl (C=O) groups is 1. The molecule has 0 bridgehead atoms. The van der Waals surface area contributed by atoms with Crippen molar-refractivity contribution in [2.45, 2.75) is 46.1 Å². The molecule has 24 heavy (non-hydrogen) atoms. The fourth-order valence-corrected chi connectivity index (χ4v) is 3.65. The summed E-state index contributed by atoms with van der Waals surface area (Å²) in [5, 5.41) is 0. The lowest BCUT2D eigenvalue weighted by molar-refractivity contribution is -0.141. The first-order valence-electron chi connectivity index (χ1n) is 8.76. The van der Waals surface area contributed by atoms with Crippen molar-refractivity contribution in [2.75, 3.05) is 13.1 Å². The molecule has 0 radical (unpaired) electrons. The lowest BCUT2D eigenvalue weighted by atomic mass is 9.86. The van der Waals surface area contributed by atoms with Crippen molar-refractivity contribution < 1.29 is 4.79 Å². The van der Waals surface area contributed by atoms with Crippen molar-refractivity contribution in [3.05, 3.63) is 42.7 Å². The average Bonchev–Trinajstić information content (AvgIpc) is 2.97. The molecule has 0 atom stereocenters. The van der Waals surface area contributed by atoms with E-state index in [0.29, 0.717) is 6.04 Å². The molecule has 4 heteroatoms. The van der Waals surface area contributed by atoms with Crippen LogP contribution in [-0.2, 0) is 4.79 Å². The van der Waals surface area contributed by atoms with E-state index in [1.165, 1.54) is 11.1 Å². The molecule has 128 valence electrons. The van der Waals surface area contributed by atoms with E-state index >= 15 is 0 Å². The van der Waals surface area contributed by atoms with Gasteiger partial charge in [-0.05, 0) is 43.9 Å². The van der Waals surface area contributed by atoms with Crippen LogP contribution in [0.2, 0.25) is 0 Å². The van der Waals surface area contributed by atoms with Crippen LogP contribution in [0.3, 0.4) is 0 Å². The number of amides is 1. The maximum Gasteiger partial charge on any atom is 0.228 e. The number of piperidine rings is 1. The zero-order valence-corrected chi connectivity index (χ0v) is 15.0. The Bertz CT molecular complexity index is 751. The molecule has 2 heterocycles. The number of carbonyl (C=O) groups excluding carboxylic acids is 1. The molecule has 3 rings (SSSR count).